The predicted octanol–water partition coefficient (Wildman–Crippen LogP) is 3.64. The van der Waals surface area contributed by atoms with E-state index < -0.39 is 0 Å². The number of halogens is 2. The summed E-state index contributed by atoms with van der Waals surface area (Å²) in [5, 5.41) is 8.36. The van der Waals surface area contributed by atoms with Gasteiger partial charge in [0.2, 0.25) is 0 Å². The molecule has 0 saturated carbocycles. The van der Waals surface area contributed by atoms with Crippen LogP contribution in [0.15, 0.2) is 66.9 Å². The molecule has 1 aliphatic heterocycles. The molecule has 1 fully saturated rings. The predicted molar refractivity (Wildman–Crippen MR) is 113 cm³/mol. The first-order chi connectivity index (χ1) is 15.1. The van der Waals surface area contributed by atoms with Gasteiger partial charge >= 0.3 is 0 Å². The van der Waals surface area contributed by atoms with Gasteiger partial charge in [-0.25, -0.2) is 8.78 Å². The molecule has 0 bridgehead atoms. The van der Waals surface area contributed by atoms with Gasteiger partial charge in [-0.15, -0.1) is 10.2 Å². The number of nitrogens with zero attached hydrogens (tertiary/aromatic N) is 5. The number of hydrogen-bond acceptors (Lipinski definition) is 4. The maximum atomic E-state index is 13.2. The van der Waals surface area contributed by atoms with Gasteiger partial charge in [0.15, 0.2) is 11.5 Å². The molecule has 0 aliphatic carbocycles. The molecule has 0 radical (unpaired) electrons. The molecule has 0 N–H and O–H groups in total. The molecular formula is C23H19F2N5O. The van der Waals surface area contributed by atoms with Crippen molar-refractivity contribution in [1.82, 2.24) is 19.5 Å². The third kappa shape index (κ3) is 3.72. The normalized spacial score (nSPS) is 14.3. The van der Waals surface area contributed by atoms with E-state index in [-0.39, 0.29) is 17.5 Å². The molecule has 31 heavy (non-hydrogen) atoms. The smallest absolute Gasteiger partial charge is 0.254 e. The van der Waals surface area contributed by atoms with Crippen LogP contribution in [0.3, 0.4) is 0 Å². The number of aromatic nitrogens is 3. The van der Waals surface area contributed by atoms with Crippen molar-refractivity contribution in [2.75, 3.05) is 31.1 Å². The number of fused-ring (bicyclic) bond motifs is 1. The number of piperazine rings is 1. The van der Waals surface area contributed by atoms with Gasteiger partial charge in [0.1, 0.15) is 11.6 Å². The minimum absolute atomic E-state index is 0.0624. The van der Waals surface area contributed by atoms with Gasteiger partial charge in [-0.2, -0.15) is 0 Å². The van der Waals surface area contributed by atoms with E-state index in [1.807, 2.05) is 4.90 Å². The van der Waals surface area contributed by atoms with Crippen molar-refractivity contribution < 1.29 is 13.6 Å². The van der Waals surface area contributed by atoms with Gasteiger partial charge in [-0.3, -0.25) is 9.20 Å². The summed E-state index contributed by atoms with van der Waals surface area (Å²) in [4.78, 5) is 17.0. The highest BCUT2D eigenvalue weighted by molar-refractivity contribution is 5.95. The van der Waals surface area contributed by atoms with Gasteiger partial charge in [0.25, 0.3) is 5.91 Å². The van der Waals surface area contributed by atoms with Crippen molar-refractivity contribution in [2.24, 2.45) is 0 Å². The van der Waals surface area contributed by atoms with Gasteiger partial charge < -0.3 is 9.80 Å². The number of carbonyl (C=O) groups excluding carboxylic acids is 1. The van der Waals surface area contributed by atoms with Gasteiger partial charge in [-0.1, -0.05) is 0 Å². The molecule has 4 aromatic rings. The molecular weight excluding hydrogens is 400 g/mol. The van der Waals surface area contributed by atoms with Gasteiger partial charge in [-0.05, 0) is 60.7 Å². The summed E-state index contributed by atoms with van der Waals surface area (Å²) in [7, 11) is 0. The van der Waals surface area contributed by atoms with Crippen LogP contribution in [-0.4, -0.2) is 51.6 Å². The Morgan fingerprint density at radius 1 is 0.806 bits per heavy atom. The van der Waals surface area contributed by atoms with Crippen molar-refractivity contribution in [1.29, 1.82) is 0 Å². The molecule has 1 aliphatic rings. The fourth-order valence-electron chi connectivity index (χ4n) is 3.82. The summed E-state index contributed by atoms with van der Waals surface area (Å²) < 4.78 is 28.1. The third-order valence-corrected chi connectivity index (χ3v) is 5.52. The SMILES string of the molecule is O=C(c1ccn2c(-c3ccc(F)cc3)nnc2c1)N1CCN(c2ccc(F)cc2)CC1. The highest BCUT2D eigenvalue weighted by Gasteiger charge is 2.23. The number of anilines is 1. The maximum Gasteiger partial charge on any atom is 0.254 e. The van der Waals surface area contributed by atoms with Gasteiger partial charge in [0, 0.05) is 49.2 Å². The highest BCUT2D eigenvalue weighted by Crippen LogP contribution is 2.21. The third-order valence-electron chi connectivity index (χ3n) is 5.52. The lowest BCUT2D eigenvalue weighted by Gasteiger charge is -2.36. The van der Waals surface area contributed by atoms with Crippen molar-refractivity contribution in [2.45, 2.75) is 0 Å². The van der Waals surface area contributed by atoms with Crippen LogP contribution in [-0.2, 0) is 0 Å². The summed E-state index contributed by atoms with van der Waals surface area (Å²) in [6.45, 7) is 2.52. The zero-order chi connectivity index (χ0) is 21.4. The Hall–Kier alpha value is -3.81. The van der Waals surface area contributed by atoms with E-state index in [1.54, 1.807) is 47.0 Å². The monoisotopic (exact) mass is 419 g/mol. The summed E-state index contributed by atoms with van der Waals surface area (Å²) in [5.74, 6) is -0.0523. The Kier molecular flexibility index (Phi) is 4.82. The van der Waals surface area contributed by atoms with Crippen LogP contribution in [0.5, 0.6) is 0 Å². The Bertz CT molecular complexity index is 1230. The first kappa shape index (κ1) is 19.2. The lowest BCUT2D eigenvalue weighted by atomic mass is 10.2. The Morgan fingerprint density at radius 2 is 1.45 bits per heavy atom. The first-order valence-electron chi connectivity index (χ1n) is 9.99. The molecule has 2 aromatic heterocycles. The summed E-state index contributed by atoms with van der Waals surface area (Å²) >= 11 is 0. The number of hydrogen-bond donors (Lipinski definition) is 0. The largest absolute Gasteiger partial charge is 0.368 e. The summed E-state index contributed by atoms with van der Waals surface area (Å²) in [5.41, 5.74) is 2.78. The first-order valence-corrected chi connectivity index (χ1v) is 9.99. The second-order valence-corrected chi connectivity index (χ2v) is 7.43. The van der Waals surface area contributed by atoms with Crippen molar-refractivity contribution in [3.63, 3.8) is 0 Å². The average molecular weight is 419 g/mol. The standard InChI is InChI=1S/C23H19F2N5O/c24-18-3-1-16(2-4-18)22-27-26-21-15-17(9-10-30(21)22)23(31)29-13-11-28(12-14-29)20-7-5-19(25)6-8-20/h1-10,15H,11-14H2. The van der Waals surface area contributed by atoms with Crippen molar-refractivity contribution in [3.05, 3.63) is 84.1 Å². The minimum Gasteiger partial charge on any atom is -0.368 e. The Morgan fingerprint density at radius 3 is 2.13 bits per heavy atom. The van der Waals surface area contributed by atoms with Crippen LogP contribution in [0.2, 0.25) is 0 Å². The Labute approximate surface area is 177 Å². The zero-order valence-electron chi connectivity index (χ0n) is 16.6. The van der Waals surface area contributed by atoms with E-state index in [9.17, 15) is 13.6 Å². The molecule has 0 atom stereocenters. The fraction of sp³-hybridized carbons (Fsp3) is 0.174. The van der Waals surface area contributed by atoms with Crippen LogP contribution >= 0.6 is 0 Å². The summed E-state index contributed by atoms with van der Waals surface area (Å²) in [6, 6.07) is 15.9. The topological polar surface area (TPSA) is 53.7 Å². The van der Waals surface area contributed by atoms with Crippen LogP contribution in [0.25, 0.3) is 17.0 Å². The fourth-order valence-corrected chi connectivity index (χ4v) is 3.82. The highest BCUT2D eigenvalue weighted by atomic mass is 19.1. The van der Waals surface area contributed by atoms with E-state index in [2.05, 4.69) is 15.1 Å². The van der Waals surface area contributed by atoms with E-state index >= 15 is 0 Å². The van der Waals surface area contributed by atoms with Crippen LogP contribution in [0.4, 0.5) is 14.5 Å². The quantitative estimate of drug-likeness (QED) is 0.509. The molecule has 3 heterocycles. The van der Waals surface area contributed by atoms with Gasteiger partial charge in [0.05, 0.1) is 0 Å². The van der Waals surface area contributed by atoms with Crippen LogP contribution < -0.4 is 4.90 Å². The number of pyridine rings is 1. The van der Waals surface area contributed by atoms with Crippen molar-refractivity contribution in [3.8, 4) is 11.4 Å². The zero-order valence-corrected chi connectivity index (χ0v) is 16.6. The lowest BCUT2D eigenvalue weighted by molar-refractivity contribution is 0.0747. The second kappa shape index (κ2) is 7.79. The minimum atomic E-state index is -0.315. The van der Waals surface area contributed by atoms with Crippen LogP contribution in [0.1, 0.15) is 10.4 Å². The van der Waals surface area contributed by atoms with E-state index in [0.717, 1.165) is 11.3 Å². The molecule has 5 rings (SSSR count). The summed E-state index contributed by atoms with van der Waals surface area (Å²) in [6.07, 6.45) is 1.76. The lowest BCUT2D eigenvalue weighted by Crippen LogP contribution is -2.48. The number of rotatable bonds is 3. The number of benzene rings is 2. The number of amides is 1. The van der Waals surface area contributed by atoms with Crippen molar-refractivity contribution >= 4 is 17.2 Å². The average Bonchev–Trinajstić information content (AvgIpc) is 3.23. The van der Waals surface area contributed by atoms with E-state index in [1.165, 1.54) is 24.3 Å². The molecule has 0 unspecified atom stereocenters. The number of carbonyl (C=O) groups is 1. The molecule has 1 amide bonds. The van der Waals surface area contributed by atoms with Crippen LogP contribution in [0, 0.1) is 11.6 Å². The molecule has 6 nitrogen and oxygen atoms in total. The molecule has 156 valence electrons. The second-order valence-electron chi connectivity index (χ2n) is 7.43. The maximum absolute atomic E-state index is 13.2. The Balaban J connectivity index is 1.31. The van der Waals surface area contributed by atoms with E-state index in [0.29, 0.717) is 43.2 Å². The van der Waals surface area contributed by atoms with E-state index in [4.69, 9.17) is 0 Å². The molecule has 1 saturated heterocycles. The molecule has 8 heteroatoms. The molecule has 0 spiro atoms. The molecule has 2 aromatic carbocycles.